The maximum atomic E-state index is 6.02. The number of aromatic nitrogens is 2. The van der Waals surface area contributed by atoms with Gasteiger partial charge in [0.15, 0.2) is 5.16 Å². The number of methoxy groups -OCH3 is 1. The topological polar surface area (TPSA) is 63.9 Å². The Morgan fingerprint density at radius 3 is 2.94 bits per heavy atom. The quantitative estimate of drug-likeness (QED) is 0.816. The van der Waals surface area contributed by atoms with Gasteiger partial charge in [0.05, 0.1) is 18.1 Å². The maximum Gasteiger partial charge on any atom is 0.166 e. The molecule has 0 bridgehead atoms. The highest BCUT2D eigenvalue weighted by atomic mass is 32.2. The zero-order valence-corrected chi connectivity index (χ0v) is 11.8. The van der Waals surface area contributed by atoms with Gasteiger partial charge in [0, 0.05) is 17.4 Å². The molecule has 2 unspecified atom stereocenters. The van der Waals surface area contributed by atoms with Gasteiger partial charge in [-0.1, -0.05) is 25.6 Å². The van der Waals surface area contributed by atoms with E-state index in [4.69, 9.17) is 10.5 Å². The fourth-order valence-electron chi connectivity index (χ4n) is 1.74. The van der Waals surface area contributed by atoms with Crippen molar-refractivity contribution in [3.8, 4) is 5.75 Å². The number of nitrogens with one attached hydrogen (secondary N) is 1. The van der Waals surface area contributed by atoms with Crippen molar-refractivity contribution in [1.29, 1.82) is 0 Å². The molecule has 4 nitrogen and oxygen atoms in total. The predicted octanol–water partition coefficient (Wildman–Crippen LogP) is 2.79. The largest absolute Gasteiger partial charge is 0.497 e. The van der Waals surface area contributed by atoms with Crippen molar-refractivity contribution < 1.29 is 4.74 Å². The molecule has 1 heterocycles. The van der Waals surface area contributed by atoms with Crippen LogP contribution in [0, 0.1) is 0 Å². The van der Waals surface area contributed by atoms with Gasteiger partial charge in [0.1, 0.15) is 5.75 Å². The molecule has 0 fully saturated rings. The summed E-state index contributed by atoms with van der Waals surface area (Å²) in [7, 11) is 1.66. The number of thioether (sulfide) groups is 1. The van der Waals surface area contributed by atoms with Gasteiger partial charge >= 0.3 is 0 Å². The highest BCUT2D eigenvalue weighted by Crippen LogP contribution is 2.27. The van der Waals surface area contributed by atoms with Crippen LogP contribution >= 0.6 is 11.8 Å². The Balaban J connectivity index is 2.19. The Labute approximate surface area is 111 Å². The molecule has 0 aliphatic rings. The Kier molecular flexibility index (Phi) is 4.14. The van der Waals surface area contributed by atoms with E-state index < -0.39 is 0 Å². The number of H-pyrrole nitrogens is 1. The molecule has 2 atom stereocenters. The zero-order chi connectivity index (χ0) is 13.1. The van der Waals surface area contributed by atoms with E-state index in [0.29, 0.717) is 5.25 Å². The van der Waals surface area contributed by atoms with Gasteiger partial charge in [-0.25, -0.2) is 4.98 Å². The molecule has 3 N–H and O–H groups in total. The molecule has 98 valence electrons. The molecule has 5 heteroatoms. The molecule has 0 aliphatic heterocycles. The van der Waals surface area contributed by atoms with Crippen molar-refractivity contribution in [2.75, 3.05) is 7.11 Å². The Bertz CT molecular complexity index is 526. The van der Waals surface area contributed by atoms with Gasteiger partial charge in [-0.05, 0) is 18.6 Å². The van der Waals surface area contributed by atoms with Crippen LogP contribution in [0.2, 0.25) is 0 Å². The first-order chi connectivity index (χ1) is 8.63. The van der Waals surface area contributed by atoms with Crippen molar-refractivity contribution in [2.45, 2.75) is 36.7 Å². The van der Waals surface area contributed by atoms with Gasteiger partial charge in [0.25, 0.3) is 0 Å². The summed E-state index contributed by atoms with van der Waals surface area (Å²) in [5.41, 5.74) is 7.97. The molecular formula is C13H19N3OS. The average molecular weight is 265 g/mol. The first-order valence-electron chi connectivity index (χ1n) is 6.10. The number of aromatic amines is 1. The third kappa shape index (κ3) is 2.79. The van der Waals surface area contributed by atoms with Crippen LogP contribution in [-0.2, 0) is 0 Å². The smallest absolute Gasteiger partial charge is 0.166 e. The normalized spacial score (nSPS) is 14.7. The lowest BCUT2D eigenvalue weighted by Crippen LogP contribution is -2.29. The summed E-state index contributed by atoms with van der Waals surface area (Å²) in [6.45, 7) is 4.23. The molecule has 0 spiro atoms. The van der Waals surface area contributed by atoms with E-state index in [1.165, 1.54) is 0 Å². The summed E-state index contributed by atoms with van der Waals surface area (Å²) in [5, 5.41) is 1.26. The average Bonchev–Trinajstić information content (AvgIpc) is 2.78. The van der Waals surface area contributed by atoms with Crippen molar-refractivity contribution in [2.24, 2.45) is 5.73 Å². The number of hydrogen-bond acceptors (Lipinski definition) is 4. The third-order valence-corrected chi connectivity index (χ3v) is 4.18. The van der Waals surface area contributed by atoms with Crippen LogP contribution in [0.3, 0.4) is 0 Å². The molecule has 1 aromatic heterocycles. The van der Waals surface area contributed by atoms with E-state index in [-0.39, 0.29) is 6.04 Å². The second-order valence-corrected chi connectivity index (χ2v) is 5.69. The maximum absolute atomic E-state index is 6.02. The lowest BCUT2D eigenvalue weighted by molar-refractivity contribution is 0.415. The van der Waals surface area contributed by atoms with Gasteiger partial charge < -0.3 is 15.5 Å². The standard InChI is InChI=1S/C13H19N3OS/c1-4-10(14)8(2)18-13-15-11-6-5-9(17-3)7-12(11)16-13/h5-8,10H,4,14H2,1-3H3,(H,15,16). The first kappa shape index (κ1) is 13.2. The minimum atomic E-state index is 0.192. The molecule has 2 aromatic rings. The molecule has 2 rings (SSSR count). The number of hydrogen-bond donors (Lipinski definition) is 2. The second kappa shape index (κ2) is 5.63. The highest BCUT2D eigenvalue weighted by molar-refractivity contribution is 7.99. The van der Waals surface area contributed by atoms with Crippen molar-refractivity contribution in [3.63, 3.8) is 0 Å². The molecule has 0 aliphatic carbocycles. The highest BCUT2D eigenvalue weighted by Gasteiger charge is 2.14. The van der Waals surface area contributed by atoms with E-state index in [1.807, 2.05) is 18.2 Å². The van der Waals surface area contributed by atoms with E-state index >= 15 is 0 Å². The molecule has 1 aromatic carbocycles. The monoisotopic (exact) mass is 265 g/mol. The minimum Gasteiger partial charge on any atom is -0.497 e. The van der Waals surface area contributed by atoms with Gasteiger partial charge in [-0.15, -0.1) is 0 Å². The summed E-state index contributed by atoms with van der Waals surface area (Å²) < 4.78 is 5.19. The number of rotatable bonds is 5. The van der Waals surface area contributed by atoms with Crippen LogP contribution in [0.25, 0.3) is 11.0 Å². The summed E-state index contributed by atoms with van der Waals surface area (Å²) in [5.74, 6) is 0.834. The van der Waals surface area contributed by atoms with E-state index in [0.717, 1.165) is 28.4 Å². The molecule has 0 radical (unpaired) electrons. The van der Waals surface area contributed by atoms with Gasteiger partial charge in [0.2, 0.25) is 0 Å². The van der Waals surface area contributed by atoms with E-state index in [1.54, 1.807) is 18.9 Å². The number of imidazole rings is 1. The Morgan fingerprint density at radius 2 is 2.28 bits per heavy atom. The van der Waals surface area contributed by atoms with Crippen LogP contribution in [0.5, 0.6) is 5.75 Å². The van der Waals surface area contributed by atoms with Crippen molar-refractivity contribution in [3.05, 3.63) is 18.2 Å². The van der Waals surface area contributed by atoms with E-state index in [9.17, 15) is 0 Å². The number of nitrogens with zero attached hydrogens (tertiary/aromatic N) is 1. The Morgan fingerprint density at radius 1 is 1.50 bits per heavy atom. The molecular weight excluding hydrogens is 246 g/mol. The zero-order valence-electron chi connectivity index (χ0n) is 10.9. The van der Waals surface area contributed by atoms with Crippen LogP contribution < -0.4 is 10.5 Å². The SMILES string of the molecule is CCC(N)C(C)Sc1nc2ccc(OC)cc2[nH]1. The first-order valence-corrected chi connectivity index (χ1v) is 6.98. The van der Waals surface area contributed by atoms with Gasteiger partial charge in [-0.3, -0.25) is 0 Å². The lowest BCUT2D eigenvalue weighted by atomic mass is 10.2. The predicted molar refractivity (Wildman–Crippen MR) is 76.2 cm³/mol. The fraction of sp³-hybridized carbons (Fsp3) is 0.462. The summed E-state index contributed by atoms with van der Waals surface area (Å²) in [4.78, 5) is 7.84. The summed E-state index contributed by atoms with van der Waals surface area (Å²) >= 11 is 1.68. The molecule has 0 amide bonds. The number of benzene rings is 1. The second-order valence-electron chi connectivity index (χ2n) is 4.32. The van der Waals surface area contributed by atoms with Crippen LogP contribution in [0.1, 0.15) is 20.3 Å². The molecule has 0 saturated carbocycles. The van der Waals surface area contributed by atoms with Crippen LogP contribution in [-0.4, -0.2) is 28.4 Å². The van der Waals surface area contributed by atoms with Gasteiger partial charge in [-0.2, -0.15) is 0 Å². The Hall–Kier alpha value is -1.20. The third-order valence-electron chi connectivity index (χ3n) is 3.04. The molecule has 18 heavy (non-hydrogen) atoms. The lowest BCUT2D eigenvalue weighted by Gasteiger charge is -2.15. The number of fused-ring (bicyclic) bond motifs is 1. The molecule has 0 saturated heterocycles. The van der Waals surface area contributed by atoms with Crippen molar-refractivity contribution in [1.82, 2.24) is 9.97 Å². The summed E-state index contributed by atoms with van der Waals surface area (Å²) in [6.07, 6.45) is 0.974. The van der Waals surface area contributed by atoms with Crippen LogP contribution in [0.4, 0.5) is 0 Å². The minimum absolute atomic E-state index is 0.192. The number of nitrogens with two attached hydrogens (primary N) is 1. The number of ether oxygens (including phenoxy) is 1. The summed E-state index contributed by atoms with van der Waals surface area (Å²) in [6, 6.07) is 6.02. The fourth-order valence-corrected chi connectivity index (χ4v) is 2.78. The van der Waals surface area contributed by atoms with Crippen LogP contribution in [0.15, 0.2) is 23.4 Å². The van der Waals surface area contributed by atoms with Crippen molar-refractivity contribution >= 4 is 22.8 Å². The van der Waals surface area contributed by atoms with E-state index in [2.05, 4.69) is 23.8 Å².